The summed E-state index contributed by atoms with van der Waals surface area (Å²) in [6.45, 7) is 8.72. The van der Waals surface area contributed by atoms with Crippen molar-refractivity contribution >= 4 is 34.6 Å². The van der Waals surface area contributed by atoms with E-state index in [1.165, 1.54) is 9.36 Å². The van der Waals surface area contributed by atoms with E-state index < -0.39 is 11.1 Å². The van der Waals surface area contributed by atoms with Gasteiger partial charge in [-0.3, -0.25) is 19.4 Å². The van der Waals surface area contributed by atoms with Gasteiger partial charge in [-0.15, -0.1) is 0 Å². The Morgan fingerprint density at radius 1 is 0.558 bits per heavy atom. The first-order chi connectivity index (χ1) is 25.4. The quantitative estimate of drug-likeness (QED) is 0.177. The van der Waals surface area contributed by atoms with Crippen LogP contribution in [0.2, 0.25) is 10.0 Å². The fourth-order valence-electron chi connectivity index (χ4n) is 6.33. The van der Waals surface area contributed by atoms with Crippen molar-refractivity contribution < 1.29 is 18.9 Å². The van der Waals surface area contributed by atoms with Crippen LogP contribution in [-0.4, -0.2) is 122 Å². The van der Waals surface area contributed by atoms with E-state index in [9.17, 15) is 9.59 Å². The molecule has 2 aromatic carbocycles. The van der Waals surface area contributed by atoms with Crippen LogP contribution in [0.15, 0.2) is 70.5 Å². The molecule has 0 amide bonds. The molecular formula is C36H44Cl2N8O6. The Labute approximate surface area is 312 Å². The minimum atomic E-state index is -0.422. The molecule has 0 aliphatic carbocycles. The van der Waals surface area contributed by atoms with E-state index in [2.05, 4.69) is 29.8 Å². The van der Waals surface area contributed by atoms with Crippen molar-refractivity contribution in [2.75, 3.05) is 103 Å². The van der Waals surface area contributed by atoms with Crippen LogP contribution in [0, 0.1) is 0 Å². The minimum absolute atomic E-state index is 0.0992. The number of hydrogen-bond donors (Lipinski definition) is 0. The molecule has 4 heterocycles. The summed E-state index contributed by atoms with van der Waals surface area (Å²) < 4.78 is 25.1. The van der Waals surface area contributed by atoms with Gasteiger partial charge in [0.1, 0.15) is 23.3 Å². The number of aromatic nitrogens is 4. The number of para-hydroxylation sites is 4. The summed E-state index contributed by atoms with van der Waals surface area (Å²) in [5.74, 6) is 2.85. The molecule has 4 aromatic rings. The fraction of sp³-hybridized carbons (Fsp3) is 0.444. The zero-order valence-corrected chi connectivity index (χ0v) is 31.0. The third-order valence-corrected chi connectivity index (χ3v) is 10.1. The maximum atomic E-state index is 13.2. The van der Waals surface area contributed by atoms with Gasteiger partial charge in [0.15, 0.2) is 23.0 Å². The van der Waals surface area contributed by atoms with E-state index in [4.69, 9.17) is 42.1 Å². The van der Waals surface area contributed by atoms with E-state index in [1.807, 2.05) is 48.5 Å². The molecule has 0 saturated carbocycles. The van der Waals surface area contributed by atoms with E-state index in [1.54, 1.807) is 26.6 Å². The number of ether oxygens (including phenoxy) is 4. The molecule has 6 rings (SSSR count). The standard InChI is InChI=1S/C36H44Cl2N8O6/c1-49-29-7-3-5-9-31(29)51-23-21-41-11-15-43(16-12-41)27-25-39-45(35(47)33(27)37)19-20-46-36(48)34(38)28(26-40-46)44-17-13-42(14-18-44)22-24-52-32-10-6-4-8-30(32)50-2/h3-10,25-26H,11-24H2,1-2H3. The highest BCUT2D eigenvalue weighted by molar-refractivity contribution is 6.33. The maximum Gasteiger partial charge on any atom is 0.287 e. The molecule has 278 valence electrons. The van der Waals surface area contributed by atoms with Crippen LogP contribution >= 0.6 is 23.2 Å². The summed E-state index contributed by atoms with van der Waals surface area (Å²) in [4.78, 5) is 35.1. The summed E-state index contributed by atoms with van der Waals surface area (Å²) in [5.41, 5.74) is 0.349. The van der Waals surface area contributed by atoms with E-state index in [-0.39, 0.29) is 23.1 Å². The fourth-order valence-corrected chi connectivity index (χ4v) is 6.86. The summed E-state index contributed by atoms with van der Waals surface area (Å²) in [6, 6.07) is 15.2. The summed E-state index contributed by atoms with van der Waals surface area (Å²) in [7, 11) is 3.25. The van der Waals surface area contributed by atoms with Gasteiger partial charge in [-0.2, -0.15) is 10.2 Å². The van der Waals surface area contributed by atoms with E-state index in [0.29, 0.717) is 62.3 Å². The highest BCUT2D eigenvalue weighted by Crippen LogP contribution is 2.27. The zero-order chi connectivity index (χ0) is 36.5. The number of rotatable bonds is 15. The van der Waals surface area contributed by atoms with Crippen molar-refractivity contribution in [3.8, 4) is 23.0 Å². The molecule has 14 nitrogen and oxygen atoms in total. The number of nitrogens with zero attached hydrogens (tertiary/aromatic N) is 8. The first-order valence-corrected chi connectivity index (χ1v) is 18.1. The lowest BCUT2D eigenvalue weighted by Crippen LogP contribution is -2.48. The molecule has 0 N–H and O–H groups in total. The summed E-state index contributed by atoms with van der Waals surface area (Å²) >= 11 is 13.2. The van der Waals surface area contributed by atoms with Gasteiger partial charge in [0, 0.05) is 65.4 Å². The largest absolute Gasteiger partial charge is 0.493 e. The van der Waals surface area contributed by atoms with Crippen LogP contribution in [-0.2, 0) is 13.1 Å². The van der Waals surface area contributed by atoms with Crippen molar-refractivity contribution in [3.05, 3.63) is 91.7 Å². The van der Waals surface area contributed by atoms with Gasteiger partial charge in [0.25, 0.3) is 11.1 Å². The Bertz CT molecular complexity index is 1770. The Morgan fingerprint density at radius 2 is 0.923 bits per heavy atom. The zero-order valence-electron chi connectivity index (χ0n) is 29.5. The Hall–Kier alpha value is -4.50. The predicted molar refractivity (Wildman–Crippen MR) is 201 cm³/mol. The molecule has 0 radical (unpaired) electrons. The third-order valence-electron chi connectivity index (χ3n) is 9.35. The monoisotopic (exact) mass is 754 g/mol. The van der Waals surface area contributed by atoms with E-state index in [0.717, 1.165) is 50.8 Å². The number of hydrogen-bond acceptors (Lipinski definition) is 12. The molecule has 0 atom stereocenters. The molecular weight excluding hydrogens is 711 g/mol. The molecule has 2 aromatic heterocycles. The molecule has 2 fully saturated rings. The van der Waals surface area contributed by atoms with E-state index >= 15 is 0 Å². The van der Waals surface area contributed by atoms with Crippen LogP contribution < -0.4 is 39.9 Å². The van der Waals surface area contributed by atoms with Gasteiger partial charge in [-0.1, -0.05) is 47.5 Å². The van der Waals surface area contributed by atoms with Crippen molar-refractivity contribution in [1.29, 1.82) is 0 Å². The lowest BCUT2D eigenvalue weighted by atomic mass is 10.3. The number of aryl methyl sites for hydroxylation is 2. The summed E-state index contributed by atoms with van der Waals surface area (Å²) in [5, 5.41) is 8.95. The molecule has 2 aliphatic heterocycles. The smallest absolute Gasteiger partial charge is 0.287 e. The number of piperazine rings is 2. The molecule has 0 unspecified atom stereocenters. The van der Waals surface area contributed by atoms with Crippen LogP contribution in [0.1, 0.15) is 0 Å². The normalized spacial score (nSPS) is 15.5. The van der Waals surface area contributed by atoms with Crippen LogP contribution in [0.4, 0.5) is 11.4 Å². The molecule has 2 saturated heterocycles. The van der Waals surface area contributed by atoms with Crippen LogP contribution in [0.5, 0.6) is 23.0 Å². The Kier molecular flexibility index (Phi) is 12.8. The number of methoxy groups -OCH3 is 2. The Balaban J connectivity index is 0.963. The highest BCUT2D eigenvalue weighted by Gasteiger charge is 2.23. The topological polar surface area (TPSA) is 120 Å². The SMILES string of the molecule is COc1ccccc1OCCN1CCN(c2cnn(CCn3ncc(N4CCN(CCOc5ccccc5OC)CC4)c(Cl)c3=O)c(=O)c2Cl)CC1. The van der Waals surface area contributed by atoms with Gasteiger partial charge in [0.05, 0.1) is 51.1 Å². The number of anilines is 2. The molecule has 2 aliphatic rings. The second-order valence-corrected chi connectivity index (χ2v) is 13.2. The summed E-state index contributed by atoms with van der Waals surface area (Å²) in [6.07, 6.45) is 3.22. The average Bonchev–Trinajstić information content (AvgIpc) is 3.18. The minimum Gasteiger partial charge on any atom is -0.493 e. The predicted octanol–water partition coefficient (Wildman–Crippen LogP) is 3.23. The van der Waals surface area contributed by atoms with Crippen LogP contribution in [0.25, 0.3) is 0 Å². The first-order valence-electron chi connectivity index (χ1n) is 17.3. The molecule has 0 spiro atoms. The van der Waals surface area contributed by atoms with Gasteiger partial charge in [0.2, 0.25) is 0 Å². The van der Waals surface area contributed by atoms with Gasteiger partial charge < -0.3 is 28.7 Å². The number of halogens is 2. The Morgan fingerprint density at radius 3 is 1.29 bits per heavy atom. The van der Waals surface area contributed by atoms with Crippen molar-refractivity contribution in [2.45, 2.75) is 13.1 Å². The van der Waals surface area contributed by atoms with Crippen LogP contribution in [0.3, 0.4) is 0 Å². The molecule has 52 heavy (non-hydrogen) atoms. The highest BCUT2D eigenvalue weighted by atomic mass is 35.5. The van der Waals surface area contributed by atoms with Crippen molar-refractivity contribution in [3.63, 3.8) is 0 Å². The maximum absolute atomic E-state index is 13.2. The van der Waals surface area contributed by atoms with Gasteiger partial charge >= 0.3 is 0 Å². The van der Waals surface area contributed by atoms with Crippen molar-refractivity contribution in [2.24, 2.45) is 0 Å². The first kappa shape index (κ1) is 37.3. The third kappa shape index (κ3) is 8.92. The molecule has 0 bridgehead atoms. The van der Waals surface area contributed by atoms with Crippen molar-refractivity contribution in [1.82, 2.24) is 29.4 Å². The number of benzene rings is 2. The van der Waals surface area contributed by atoms with Gasteiger partial charge in [-0.25, -0.2) is 9.36 Å². The molecule has 16 heteroatoms. The second kappa shape index (κ2) is 17.8. The van der Waals surface area contributed by atoms with Gasteiger partial charge in [-0.05, 0) is 24.3 Å². The second-order valence-electron chi connectivity index (χ2n) is 12.4. The lowest BCUT2D eigenvalue weighted by molar-refractivity contribution is 0.196. The average molecular weight is 756 g/mol. The lowest BCUT2D eigenvalue weighted by Gasteiger charge is -2.36.